The average Bonchev–Trinajstić information content (AvgIpc) is 3.45. The Morgan fingerprint density at radius 2 is 1.39 bits per heavy atom. The van der Waals surface area contributed by atoms with E-state index in [4.69, 9.17) is 58.0 Å². The molecule has 1 N–H and O–H groups in total. The molecule has 3 aromatic carbocycles. The first kappa shape index (κ1) is 31.5. The molecule has 0 bridgehead atoms. The molecule has 41 heavy (non-hydrogen) atoms. The molecule has 0 unspecified atom stereocenters. The van der Waals surface area contributed by atoms with Gasteiger partial charge in [0.05, 0.1) is 10.9 Å². The van der Waals surface area contributed by atoms with Crippen LogP contribution in [0.4, 0.5) is 27.6 Å². The molecule has 14 heteroatoms. The molecule has 1 saturated carbocycles. The molecule has 0 saturated heterocycles. The summed E-state index contributed by atoms with van der Waals surface area (Å²) >= 11 is 30.7. The Balaban J connectivity index is 1.56. The second-order valence-corrected chi connectivity index (χ2v) is 11.9. The largest absolute Gasteiger partial charge is 0.326 e. The van der Waals surface area contributed by atoms with Gasteiger partial charge in [0.1, 0.15) is 21.8 Å². The van der Waals surface area contributed by atoms with Crippen molar-refractivity contribution in [3.63, 3.8) is 0 Å². The van der Waals surface area contributed by atoms with Gasteiger partial charge >= 0.3 is 0 Å². The Morgan fingerprint density at radius 1 is 0.805 bits per heavy atom. The van der Waals surface area contributed by atoms with Gasteiger partial charge < -0.3 is 5.32 Å². The third-order valence-electron chi connectivity index (χ3n) is 6.35. The summed E-state index contributed by atoms with van der Waals surface area (Å²) in [5, 5.41) is 2.35. The van der Waals surface area contributed by atoms with E-state index in [9.17, 15) is 36.3 Å². The van der Waals surface area contributed by atoms with Crippen LogP contribution < -0.4 is 5.32 Å². The summed E-state index contributed by atoms with van der Waals surface area (Å²) in [6, 6.07) is 7.52. The molecule has 0 aliphatic heterocycles. The van der Waals surface area contributed by atoms with Crippen LogP contribution in [0, 0.1) is 23.4 Å². The Morgan fingerprint density at radius 3 is 1.98 bits per heavy atom. The van der Waals surface area contributed by atoms with Gasteiger partial charge in [0.2, 0.25) is 11.7 Å². The van der Waals surface area contributed by atoms with Crippen LogP contribution in [0.5, 0.6) is 0 Å². The zero-order valence-electron chi connectivity index (χ0n) is 20.2. The number of alkyl halides is 4. The number of carbonyl (C=O) groups is 3. The van der Waals surface area contributed by atoms with Crippen LogP contribution in [0.1, 0.15) is 33.0 Å². The first-order valence-electron chi connectivity index (χ1n) is 11.5. The summed E-state index contributed by atoms with van der Waals surface area (Å²) in [5.41, 5.74) is -1.19. The van der Waals surface area contributed by atoms with E-state index in [1.165, 1.54) is 18.2 Å². The van der Waals surface area contributed by atoms with Crippen molar-refractivity contribution in [1.29, 1.82) is 0 Å². The second kappa shape index (κ2) is 12.1. The van der Waals surface area contributed by atoms with Crippen LogP contribution in [0.3, 0.4) is 0 Å². The summed E-state index contributed by atoms with van der Waals surface area (Å²) in [4.78, 5) is 37.3. The highest BCUT2D eigenvalue weighted by atomic mass is 35.5. The zero-order valence-corrected chi connectivity index (χ0v) is 24.0. The van der Waals surface area contributed by atoms with E-state index in [0.29, 0.717) is 11.6 Å². The van der Waals surface area contributed by atoms with Gasteiger partial charge in [0, 0.05) is 46.1 Å². The molecule has 0 heterocycles. The minimum Gasteiger partial charge on any atom is -0.326 e. The molecule has 4 nitrogen and oxygen atoms in total. The maximum atomic E-state index is 14.7. The van der Waals surface area contributed by atoms with E-state index in [1.54, 1.807) is 0 Å². The van der Waals surface area contributed by atoms with Crippen LogP contribution in [0.15, 0.2) is 42.5 Å². The molecule has 216 valence electrons. The number of nitrogens with one attached hydrogen (secondary N) is 1. The number of carbonyl (C=O) groups excluding carboxylic acids is 3. The van der Waals surface area contributed by atoms with E-state index in [2.05, 4.69) is 5.32 Å². The van der Waals surface area contributed by atoms with Crippen molar-refractivity contribution in [3.8, 4) is 0 Å². The Kier molecular flexibility index (Phi) is 9.26. The predicted octanol–water partition coefficient (Wildman–Crippen LogP) is 8.39. The van der Waals surface area contributed by atoms with Crippen molar-refractivity contribution in [2.75, 3.05) is 5.32 Å². The van der Waals surface area contributed by atoms with Gasteiger partial charge in [-0.3, -0.25) is 14.4 Å². The van der Waals surface area contributed by atoms with Gasteiger partial charge in [-0.15, -0.1) is 23.2 Å². The van der Waals surface area contributed by atoms with Crippen molar-refractivity contribution in [2.24, 2.45) is 5.92 Å². The molecule has 0 radical (unpaired) electrons. The third kappa shape index (κ3) is 6.81. The van der Waals surface area contributed by atoms with Crippen molar-refractivity contribution < 1.29 is 36.3 Å². The minimum atomic E-state index is -3.37. The lowest BCUT2D eigenvalue weighted by molar-refractivity contribution is -0.128. The lowest BCUT2D eigenvalue weighted by atomic mass is 9.98. The topological polar surface area (TPSA) is 63.2 Å². The maximum absolute atomic E-state index is 14.7. The number of amides is 1. The average molecular weight is 674 g/mol. The van der Waals surface area contributed by atoms with Gasteiger partial charge in [0.15, 0.2) is 5.78 Å². The summed E-state index contributed by atoms with van der Waals surface area (Å²) in [6.45, 7) is 0. The summed E-state index contributed by atoms with van der Waals surface area (Å²) in [7, 11) is 0. The molecule has 2 atom stereocenters. The SMILES string of the molecule is O=C(Cc1cc(CC(=O)C(F)F)c(F)cc1F)c1cc(NC(=O)[C@H]2[C@H](c3cc(Cl)cc(Cl)c3)C2(Cl)Cl)cc(F)c1Cl. The van der Waals surface area contributed by atoms with Gasteiger partial charge in [-0.25, -0.2) is 22.0 Å². The van der Waals surface area contributed by atoms with Gasteiger partial charge in [-0.05, 0) is 53.1 Å². The minimum absolute atomic E-state index is 0.207. The number of ketones is 2. The number of rotatable bonds is 9. The molecule has 1 aliphatic rings. The van der Waals surface area contributed by atoms with Gasteiger partial charge in [-0.2, -0.15) is 0 Å². The molecule has 1 aliphatic carbocycles. The number of benzene rings is 3. The van der Waals surface area contributed by atoms with Crippen molar-refractivity contribution >= 4 is 81.2 Å². The second-order valence-electron chi connectivity index (χ2n) is 9.22. The highest BCUT2D eigenvalue weighted by molar-refractivity contribution is 6.53. The predicted molar refractivity (Wildman–Crippen MR) is 146 cm³/mol. The van der Waals surface area contributed by atoms with Crippen LogP contribution in [-0.2, 0) is 22.4 Å². The fourth-order valence-electron chi connectivity index (χ4n) is 4.36. The molecule has 3 aromatic rings. The van der Waals surface area contributed by atoms with Gasteiger partial charge in [-0.1, -0.05) is 34.8 Å². The number of anilines is 1. The van der Waals surface area contributed by atoms with Crippen molar-refractivity contribution in [3.05, 3.63) is 97.2 Å². The lowest BCUT2D eigenvalue weighted by Crippen LogP contribution is -2.18. The number of hydrogen-bond donors (Lipinski definition) is 1. The molecule has 0 spiro atoms. The normalized spacial score (nSPS) is 17.4. The van der Waals surface area contributed by atoms with E-state index < -0.39 is 92.1 Å². The van der Waals surface area contributed by atoms with Crippen molar-refractivity contribution in [2.45, 2.75) is 29.5 Å². The first-order valence-corrected chi connectivity index (χ1v) is 13.4. The Hall–Kier alpha value is -2.43. The summed E-state index contributed by atoms with van der Waals surface area (Å²) in [6.07, 6.45) is -5.21. The number of Topliss-reactive ketones (excluding diaryl/α,β-unsaturated/α-hetero) is 2. The molecule has 1 amide bonds. The highest BCUT2D eigenvalue weighted by Gasteiger charge is 2.67. The Labute approximate surface area is 254 Å². The van der Waals surface area contributed by atoms with E-state index in [0.717, 1.165) is 18.2 Å². The standard InChI is InChI=1S/C27H15Cl5F5NO3/c28-13-2-12(3-14(29)6-13)22-23(27(22,31)32)26(41)38-15-7-16(24(30)19(35)8-15)20(39)4-10-1-11(5-21(40)25(36)37)18(34)9-17(10)33/h1-3,6-9,22-23,25H,4-5H2,(H,38,41)/t22-,23+/m0/s1. The number of hydrogen-bond acceptors (Lipinski definition) is 3. The molecular weight excluding hydrogens is 659 g/mol. The summed E-state index contributed by atoms with van der Waals surface area (Å²) in [5.74, 6) is -8.57. The van der Waals surface area contributed by atoms with Crippen LogP contribution in [-0.4, -0.2) is 28.2 Å². The van der Waals surface area contributed by atoms with Crippen LogP contribution in [0.2, 0.25) is 15.1 Å². The molecular formula is C27H15Cl5F5NO3. The van der Waals surface area contributed by atoms with Crippen LogP contribution in [0.25, 0.3) is 0 Å². The van der Waals surface area contributed by atoms with Crippen LogP contribution >= 0.6 is 58.0 Å². The maximum Gasteiger partial charge on any atom is 0.296 e. The Bertz CT molecular complexity index is 1560. The monoisotopic (exact) mass is 671 g/mol. The quantitative estimate of drug-likeness (QED) is 0.141. The highest BCUT2D eigenvalue weighted by Crippen LogP contribution is 2.65. The smallest absolute Gasteiger partial charge is 0.296 e. The van der Waals surface area contributed by atoms with E-state index in [1.807, 2.05) is 0 Å². The molecule has 1 fully saturated rings. The number of halogens is 10. The first-order chi connectivity index (χ1) is 19.1. The van der Waals surface area contributed by atoms with Gasteiger partial charge in [0.25, 0.3) is 6.43 Å². The fourth-order valence-corrected chi connectivity index (χ4v) is 5.94. The summed E-state index contributed by atoms with van der Waals surface area (Å²) < 4.78 is 66.7. The molecule has 4 rings (SSSR count). The molecule has 0 aromatic heterocycles. The van der Waals surface area contributed by atoms with E-state index >= 15 is 0 Å². The third-order valence-corrected chi connectivity index (χ3v) is 8.11. The zero-order chi connectivity index (χ0) is 30.4. The fraction of sp³-hybridized carbons (Fsp3) is 0.222. The van der Waals surface area contributed by atoms with E-state index in [-0.39, 0.29) is 15.7 Å². The van der Waals surface area contributed by atoms with Crippen molar-refractivity contribution in [1.82, 2.24) is 0 Å². The lowest BCUT2D eigenvalue weighted by Gasteiger charge is -2.12.